The molecule has 100 valence electrons. The van der Waals surface area contributed by atoms with E-state index in [2.05, 4.69) is 0 Å². The van der Waals surface area contributed by atoms with Gasteiger partial charge in [-0.3, -0.25) is 0 Å². The van der Waals surface area contributed by atoms with Crippen LogP contribution in [0.2, 0.25) is 0 Å². The average molecular weight is 250 g/mol. The Bertz CT molecular complexity index is 376. The minimum absolute atomic E-state index is 0.230. The average Bonchev–Trinajstić information content (AvgIpc) is 2.39. The second-order valence-corrected chi connectivity index (χ2v) is 5.01. The molecule has 0 aliphatic heterocycles. The van der Waals surface area contributed by atoms with Crippen LogP contribution >= 0.6 is 0 Å². The van der Waals surface area contributed by atoms with Crippen LogP contribution in [0.15, 0.2) is 24.3 Å². The van der Waals surface area contributed by atoms with Gasteiger partial charge in [-0.2, -0.15) is 0 Å². The van der Waals surface area contributed by atoms with Crippen LogP contribution in [0.1, 0.15) is 44.3 Å². The summed E-state index contributed by atoms with van der Waals surface area (Å²) in [5.41, 5.74) is 0.895. The molecule has 3 unspecified atom stereocenters. The molecule has 1 N–H and O–H groups in total. The molecule has 0 amide bonds. The lowest BCUT2D eigenvalue weighted by molar-refractivity contribution is 0.0209. The zero-order valence-electron chi connectivity index (χ0n) is 11.1. The molecular formula is C15H22O3. The number of methoxy groups -OCH3 is 1. The minimum atomic E-state index is -0.452. The molecule has 2 rings (SSSR count). The van der Waals surface area contributed by atoms with E-state index in [0.29, 0.717) is 6.10 Å². The number of benzene rings is 1. The SMILES string of the molecule is COC1CCCC(Oc2cccc(C(C)O)c2)C1. The van der Waals surface area contributed by atoms with Crippen LogP contribution in [0.4, 0.5) is 0 Å². The molecule has 1 aromatic rings. The van der Waals surface area contributed by atoms with Crippen molar-refractivity contribution >= 4 is 0 Å². The summed E-state index contributed by atoms with van der Waals surface area (Å²) in [5.74, 6) is 0.843. The number of hydrogen-bond donors (Lipinski definition) is 1. The molecule has 3 nitrogen and oxygen atoms in total. The van der Waals surface area contributed by atoms with Crippen LogP contribution in [-0.2, 0) is 4.74 Å². The normalized spacial score (nSPS) is 25.7. The van der Waals surface area contributed by atoms with Gasteiger partial charge in [-0.05, 0) is 43.9 Å². The minimum Gasteiger partial charge on any atom is -0.490 e. The predicted molar refractivity (Wildman–Crippen MR) is 70.8 cm³/mol. The number of ether oxygens (including phenoxy) is 2. The predicted octanol–water partition coefficient (Wildman–Crippen LogP) is 3.08. The second-order valence-electron chi connectivity index (χ2n) is 5.01. The molecule has 0 saturated heterocycles. The van der Waals surface area contributed by atoms with Crippen molar-refractivity contribution in [3.05, 3.63) is 29.8 Å². The van der Waals surface area contributed by atoms with Gasteiger partial charge in [0.05, 0.1) is 12.2 Å². The van der Waals surface area contributed by atoms with Gasteiger partial charge in [0.25, 0.3) is 0 Å². The quantitative estimate of drug-likeness (QED) is 0.892. The molecule has 0 spiro atoms. The molecule has 18 heavy (non-hydrogen) atoms. The zero-order chi connectivity index (χ0) is 13.0. The Hall–Kier alpha value is -1.06. The fraction of sp³-hybridized carbons (Fsp3) is 0.600. The third-order valence-electron chi connectivity index (χ3n) is 3.55. The Morgan fingerprint density at radius 3 is 2.78 bits per heavy atom. The summed E-state index contributed by atoms with van der Waals surface area (Å²) in [5, 5.41) is 9.56. The maximum absolute atomic E-state index is 9.56. The molecule has 3 heteroatoms. The Labute approximate surface area is 109 Å². The van der Waals surface area contributed by atoms with E-state index >= 15 is 0 Å². The first-order chi connectivity index (χ1) is 8.69. The summed E-state index contributed by atoms with van der Waals surface area (Å²) in [6, 6.07) is 7.70. The van der Waals surface area contributed by atoms with Crippen LogP contribution in [0.5, 0.6) is 5.75 Å². The van der Waals surface area contributed by atoms with Crippen molar-refractivity contribution in [3.8, 4) is 5.75 Å². The smallest absolute Gasteiger partial charge is 0.120 e. The van der Waals surface area contributed by atoms with E-state index in [1.165, 1.54) is 0 Å². The highest BCUT2D eigenvalue weighted by atomic mass is 16.5. The van der Waals surface area contributed by atoms with Crippen molar-refractivity contribution in [2.45, 2.75) is 50.9 Å². The highest BCUT2D eigenvalue weighted by Crippen LogP contribution is 2.26. The van der Waals surface area contributed by atoms with Crippen LogP contribution in [0.25, 0.3) is 0 Å². The number of rotatable bonds is 4. The summed E-state index contributed by atoms with van der Waals surface area (Å²) in [4.78, 5) is 0. The lowest BCUT2D eigenvalue weighted by Crippen LogP contribution is -2.29. The van der Waals surface area contributed by atoms with E-state index in [9.17, 15) is 5.11 Å². The molecule has 3 atom stereocenters. The maximum atomic E-state index is 9.56. The summed E-state index contributed by atoms with van der Waals surface area (Å²) >= 11 is 0. The van der Waals surface area contributed by atoms with Crippen molar-refractivity contribution in [2.24, 2.45) is 0 Å². The van der Waals surface area contributed by atoms with Gasteiger partial charge < -0.3 is 14.6 Å². The van der Waals surface area contributed by atoms with Crippen LogP contribution < -0.4 is 4.74 Å². The van der Waals surface area contributed by atoms with Crippen LogP contribution in [0, 0.1) is 0 Å². The zero-order valence-corrected chi connectivity index (χ0v) is 11.1. The summed E-state index contributed by atoms with van der Waals surface area (Å²) < 4.78 is 11.4. The van der Waals surface area contributed by atoms with E-state index < -0.39 is 6.10 Å². The van der Waals surface area contributed by atoms with E-state index in [0.717, 1.165) is 37.0 Å². The van der Waals surface area contributed by atoms with E-state index in [1.54, 1.807) is 14.0 Å². The molecule has 1 aliphatic carbocycles. The van der Waals surface area contributed by atoms with Crippen LogP contribution in [0.3, 0.4) is 0 Å². The van der Waals surface area contributed by atoms with Crippen molar-refractivity contribution < 1.29 is 14.6 Å². The van der Waals surface area contributed by atoms with Crippen molar-refractivity contribution in [1.29, 1.82) is 0 Å². The molecule has 1 aliphatic rings. The van der Waals surface area contributed by atoms with Crippen molar-refractivity contribution in [1.82, 2.24) is 0 Å². The first-order valence-electron chi connectivity index (χ1n) is 6.66. The molecule has 1 aromatic carbocycles. The summed E-state index contributed by atoms with van der Waals surface area (Å²) in [6.45, 7) is 1.76. The standard InChI is InChI=1S/C15H22O3/c1-11(16)12-5-3-7-14(9-12)18-15-8-4-6-13(10-15)17-2/h3,5,7,9,11,13,15-16H,4,6,8,10H2,1-2H3. The maximum Gasteiger partial charge on any atom is 0.120 e. The summed E-state index contributed by atoms with van der Waals surface area (Å²) in [6.07, 6.45) is 4.42. The number of hydrogen-bond acceptors (Lipinski definition) is 3. The first-order valence-corrected chi connectivity index (χ1v) is 6.66. The number of aliphatic hydroxyl groups excluding tert-OH is 1. The monoisotopic (exact) mass is 250 g/mol. The van der Waals surface area contributed by atoms with E-state index in [-0.39, 0.29) is 6.10 Å². The van der Waals surface area contributed by atoms with Gasteiger partial charge in [-0.25, -0.2) is 0 Å². The Balaban J connectivity index is 1.98. The fourth-order valence-electron chi connectivity index (χ4n) is 2.46. The Morgan fingerprint density at radius 2 is 2.06 bits per heavy atom. The molecule has 0 heterocycles. The number of aliphatic hydroxyl groups is 1. The highest BCUT2D eigenvalue weighted by Gasteiger charge is 2.23. The fourth-order valence-corrected chi connectivity index (χ4v) is 2.46. The van der Waals surface area contributed by atoms with Gasteiger partial charge in [-0.1, -0.05) is 12.1 Å². The Kier molecular flexibility index (Phi) is 4.61. The van der Waals surface area contributed by atoms with Gasteiger partial charge in [0.15, 0.2) is 0 Å². The van der Waals surface area contributed by atoms with Crippen molar-refractivity contribution in [3.63, 3.8) is 0 Å². The van der Waals surface area contributed by atoms with Gasteiger partial charge in [0.2, 0.25) is 0 Å². The first kappa shape index (κ1) is 13.4. The molecule has 0 bridgehead atoms. The van der Waals surface area contributed by atoms with Gasteiger partial charge in [0, 0.05) is 13.5 Å². The molecule has 1 fully saturated rings. The molecule has 0 radical (unpaired) electrons. The van der Waals surface area contributed by atoms with E-state index in [1.807, 2.05) is 24.3 Å². The Morgan fingerprint density at radius 1 is 1.28 bits per heavy atom. The third-order valence-corrected chi connectivity index (χ3v) is 3.55. The van der Waals surface area contributed by atoms with Crippen LogP contribution in [-0.4, -0.2) is 24.4 Å². The van der Waals surface area contributed by atoms with Gasteiger partial charge >= 0.3 is 0 Å². The highest BCUT2D eigenvalue weighted by molar-refractivity contribution is 5.29. The van der Waals surface area contributed by atoms with Gasteiger partial charge in [0.1, 0.15) is 11.9 Å². The lowest BCUT2D eigenvalue weighted by atomic mass is 9.95. The second kappa shape index (κ2) is 6.21. The third kappa shape index (κ3) is 3.47. The molecule has 1 saturated carbocycles. The molecular weight excluding hydrogens is 228 g/mol. The topological polar surface area (TPSA) is 38.7 Å². The largest absolute Gasteiger partial charge is 0.490 e. The molecule has 0 aromatic heterocycles. The summed E-state index contributed by atoms with van der Waals surface area (Å²) in [7, 11) is 1.76. The van der Waals surface area contributed by atoms with Crippen molar-refractivity contribution in [2.75, 3.05) is 7.11 Å². The lowest BCUT2D eigenvalue weighted by Gasteiger charge is -2.28. The van der Waals surface area contributed by atoms with Gasteiger partial charge in [-0.15, -0.1) is 0 Å². The van der Waals surface area contributed by atoms with E-state index in [4.69, 9.17) is 9.47 Å².